The van der Waals surface area contributed by atoms with E-state index < -0.39 is 0 Å². The Morgan fingerprint density at radius 2 is 1.82 bits per heavy atom. The number of hydrogen-bond donors (Lipinski definition) is 0. The molecule has 1 aliphatic heterocycles. The Kier molecular flexibility index (Phi) is 5.96. The maximum Gasteiger partial charge on any atom is 0.151 e. The second kappa shape index (κ2) is 9.19. The lowest BCUT2D eigenvalue weighted by Crippen LogP contribution is -2.20. The maximum absolute atomic E-state index is 14.3. The first kappa shape index (κ1) is 21.4. The lowest BCUT2D eigenvalue weighted by Gasteiger charge is -2.21. The molecule has 33 heavy (non-hydrogen) atoms. The third kappa shape index (κ3) is 4.28. The monoisotopic (exact) mass is 446 g/mol. The molecule has 0 amide bonds. The van der Waals surface area contributed by atoms with Gasteiger partial charge in [-0.2, -0.15) is 0 Å². The second-order valence-electron chi connectivity index (χ2n) is 8.33. The van der Waals surface area contributed by atoms with Crippen molar-refractivity contribution >= 4 is 16.7 Å². The van der Waals surface area contributed by atoms with Crippen LogP contribution in [-0.2, 0) is 25.0 Å². The standard InChI is InChI=1S/C26H27FN4O2/c1-30-23-7-5-6-21(27)25(23)29-26(30)19-14-24(31-12-3-4-13-31)22(28-15-19)17-33-16-18-8-10-20(32-2)11-9-18/h5-11,14-15H,3-4,12-13,16-17H2,1-2H3. The van der Waals surface area contributed by atoms with Crippen molar-refractivity contribution in [1.82, 2.24) is 14.5 Å². The Balaban J connectivity index is 1.42. The molecule has 4 aromatic rings. The van der Waals surface area contributed by atoms with Crippen LogP contribution in [0, 0.1) is 5.82 Å². The number of rotatable bonds is 7. The molecule has 0 bridgehead atoms. The molecule has 2 aromatic carbocycles. The molecule has 1 fully saturated rings. The number of hydrogen-bond acceptors (Lipinski definition) is 5. The SMILES string of the molecule is COc1ccc(COCc2ncc(-c3nc4c(F)cccc4n3C)cc2N2CCCC2)cc1. The van der Waals surface area contributed by atoms with Crippen LogP contribution in [-0.4, -0.2) is 34.7 Å². The molecule has 0 spiro atoms. The van der Waals surface area contributed by atoms with E-state index >= 15 is 0 Å². The van der Waals surface area contributed by atoms with Crippen LogP contribution >= 0.6 is 0 Å². The van der Waals surface area contributed by atoms with Crippen LogP contribution in [0.1, 0.15) is 24.1 Å². The van der Waals surface area contributed by atoms with Crippen LogP contribution in [0.2, 0.25) is 0 Å². The summed E-state index contributed by atoms with van der Waals surface area (Å²) in [7, 11) is 3.57. The third-order valence-corrected chi connectivity index (χ3v) is 6.18. The third-order valence-electron chi connectivity index (χ3n) is 6.18. The van der Waals surface area contributed by atoms with Crippen molar-refractivity contribution in [2.75, 3.05) is 25.1 Å². The number of benzene rings is 2. The number of fused-ring (bicyclic) bond motifs is 1. The molecule has 1 aliphatic rings. The van der Waals surface area contributed by atoms with Gasteiger partial charge in [-0.15, -0.1) is 0 Å². The topological polar surface area (TPSA) is 52.4 Å². The van der Waals surface area contributed by atoms with E-state index in [2.05, 4.69) is 16.0 Å². The molecule has 1 saturated heterocycles. The lowest BCUT2D eigenvalue weighted by atomic mass is 10.2. The van der Waals surface area contributed by atoms with E-state index in [1.54, 1.807) is 13.2 Å². The number of aromatic nitrogens is 3. The smallest absolute Gasteiger partial charge is 0.151 e. The molecular weight excluding hydrogens is 419 g/mol. The number of pyridine rings is 1. The molecular formula is C26H27FN4O2. The molecule has 6 nitrogen and oxygen atoms in total. The molecule has 7 heteroatoms. The van der Waals surface area contributed by atoms with Gasteiger partial charge in [-0.05, 0) is 48.7 Å². The van der Waals surface area contributed by atoms with Crippen molar-refractivity contribution < 1.29 is 13.9 Å². The van der Waals surface area contributed by atoms with E-state index in [0.29, 0.717) is 24.6 Å². The number of halogens is 1. The fourth-order valence-corrected chi connectivity index (χ4v) is 4.37. The fourth-order valence-electron chi connectivity index (χ4n) is 4.37. The minimum atomic E-state index is -0.314. The summed E-state index contributed by atoms with van der Waals surface area (Å²) in [6, 6.07) is 15.0. The van der Waals surface area contributed by atoms with Gasteiger partial charge in [-0.1, -0.05) is 18.2 Å². The molecule has 0 atom stereocenters. The number of nitrogens with zero attached hydrogens (tertiary/aromatic N) is 4. The minimum absolute atomic E-state index is 0.314. The van der Waals surface area contributed by atoms with Crippen LogP contribution in [0.15, 0.2) is 54.7 Å². The highest BCUT2D eigenvalue weighted by atomic mass is 19.1. The first-order valence-corrected chi connectivity index (χ1v) is 11.2. The van der Waals surface area contributed by atoms with Crippen LogP contribution in [0.5, 0.6) is 5.75 Å². The van der Waals surface area contributed by atoms with E-state index in [9.17, 15) is 4.39 Å². The zero-order chi connectivity index (χ0) is 22.8. The number of anilines is 1. The zero-order valence-electron chi connectivity index (χ0n) is 18.9. The van der Waals surface area contributed by atoms with Crippen molar-refractivity contribution in [3.8, 4) is 17.1 Å². The Bertz CT molecular complexity index is 1260. The van der Waals surface area contributed by atoms with Gasteiger partial charge in [0.05, 0.1) is 37.2 Å². The highest BCUT2D eigenvalue weighted by molar-refractivity contribution is 5.81. The average molecular weight is 447 g/mol. The number of ether oxygens (including phenoxy) is 2. The predicted octanol–water partition coefficient (Wildman–Crippen LogP) is 5.10. The van der Waals surface area contributed by atoms with Gasteiger partial charge in [0.2, 0.25) is 0 Å². The normalized spacial score (nSPS) is 13.7. The molecule has 170 valence electrons. The lowest BCUT2D eigenvalue weighted by molar-refractivity contribution is 0.105. The summed E-state index contributed by atoms with van der Waals surface area (Å²) in [6.45, 7) is 2.90. The summed E-state index contributed by atoms with van der Waals surface area (Å²) in [5.74, 6) is 1.22. The maximum atomic E-state index is 14.3. The van der Waals surface area contributed by atoms with Crippen molar-refractivity contribution in [1.29, 1.82) is 0 Å². The van der Waals surface area contributed by atoms with E-state index in [1.807, 2.05) is 48.1 Å². The van der Waals surface area contributed by atoms with Gasteiger partial charge in [-0.25, -0.2) is 9.37 Å². The zero-order valence-corrected chi connectivity index (χ0v) is 18.9. The Labute approximate surface area is 192 Å². The molecule has 0 N–H and O–H groups in total. The fraction of sp³-hybridized carbons (Fsp3) is 0.308. The van der Waals surface area contributed by atoms with Crippen molar-refractivity contribution in [2.45, 2.75) is 26.1 Å². The summed E-state index contributed by atoms with van der Waals surface area (Å²) in [5.41, 5.74) is 5.06. The second-order valence-corrected chi connectivity index (χ2v) is 8.33. The summed E-state index contributed by atoms with van der Waals surface area (Å²) in [5, 5.41) is 0. The Morgan fingerprint density at radius 3 is 2.55 bits per heavy atom. The van der Waals surface area contributed by atoms with Gasteiger partial charge in [-0.3, -0.25) is 4.98 Å². The van der Waals surface area contributed by atoms with E-state index in [4.69, 9.17) is 14.5 Å². The highest BCUT2D eigenvalue weighted by Gasteiger charge is 2.20. The van der Waals surface area contributed by atoms with Gasteiger partial charge < -0.3 is 18.9 Å². The quantitative estimate of drug-likeness (QED) is 0.395. The summed E-state index contributed by atoms with van der Waals surface area (Å²) in [6.07, 6.45) is 4.13. The van der Waals surface area contributed by atoms with Gasteiger partial charge in [0, 0.05) is 31.9 Å². The number of aryl methyl sites for hydroxylation is 1. The van der Waals surface area contributed by atoms with E-state index in [0.717, 1.165) is 59.7 Å². The average Bonchev–Trinajstić information content (AvgIpc) is 3.49. The largest absolute Gasteiger partial charge is 0.497 e. The molecule has 3 heterocycles. The van der Waals surface area contributed by atoms with Gasteiger partial charge >= 0.3 is 0 Å². The summed E-state index contributed by atoms with van der Waals surface area (Å²) in [4.78, 5) is 11.7. The molecule has 0 radical (unpaired) electrons. The minimum Gasteiger partial charge on any atom is -0.497 e. The van der Waals surface area contributed by atoms with Crippen LogP contribution in [0.4, 0.5) is 10.1 Å². The molecule has 0 aliphatic carbocycles. The highest BCUT2D eigenvalue weighted by Crippen LogP contribution is 2.31. The first-order valence-electron chi connectivity index (χ1n) is 11.2. The van der Waals surface area contributed by atoms with E-state index in [1.165, 1.54) is 6.07 Å². The molecule has 0 unspecified atom stereocenters. The Hall–Kier alpha value is -3.45. The van der Waals surface area contributed by atoms with Crippen molar-refractivity contribution in [3.63, 3.8) is 0 Å². The Morgan fingerprint density at radius 1 is 1.03 bits per heavy atom. The predicted molar refractivity (Wildman–Crippen MR) is 127 cm³/mol. The van der Waals surface area contributed by atoms with Gasteiger partial charge in [0.1, 0.15) is 17.1 Å². The number of para-hydroxylation sites is 1. The van der Waals surface area contributed by atoms with E-state index in [-0.39, 0.29) is 5.82 Å². The number of methoxy groups -OCH3 is 1. The molecule has 5 rings (SSSR count). The summed E-state index contributed by atoms with van der Waals surface area (Å²) < 4.78 is 27.4. The van der Waals surface area contributed by atoms with Gasteiger partial charge in [0.15, 0.2) is 5.82 Å². The molecule has 2 aromatic heterocycles. The van der Waals surface area contributed by atoms with Crippen LogP contribution < -0.4 is 9.64 Å². The van der Waals surface area contributed by atoms with Crippen LogP contribution in [0.25, 0.3) is 22.4 Å². The van der Waals surface area contributed by atoms with Crippen molar-refractivity contribution in [2.24, 2.45) is 7.05 Å². The number of imidazole rings is 1. The van der Waals surface area contributed by atoms with Gasteiger partial charge in [0.25, 0.3) is 0 Å². The summed E-state index contributed by atoms with van der Waals surface area (Å²) >= 11 is 0. The molecule has 0 saturated carbocycles. The van der Waals surface area contributed by atoms with Crippen molar-refractivity contribution in [3.05, 3.63) is 71.8 Å². The van der Waals surface area contributed by atoms with Crippen LogP contribution in [0.3, 0.4) is 0 Å². The first-order chi connectivity index (χ1) is 16.1.